The zero-order valence-electron chi connectivity index (χ0n) is 14.1. The molecule has 3 N–H and O–H groups in total. The second-order valence-corrected chi connectivity index (χ2v) is 5.98. The number of carbonyl (C=O) groups excluding carboxylic acids is 2. The highest BCUT2D eigenvalue weighted by atomic mass is 19.4. The van der Waals surface area contributed by atoms with Crippen molar-refractivity contribution in [1.82, 2.24) is 14.7 Å². The number of hydrogen-bond donors (Lipinski definition) is 2. The van der Waals surface area contributed by atoms with Crippen LogP contribution in [0.1, 0.15) is 18.2 Å². The molecule has 142 valence electrons. The van der Waals surface area contributed by atoms with Gasteiger partial charge in [-0.15, -0.1) is 0 Å². The van der Waals surface area contributed by atoms with Gasteiger partial charge in [0.2, 0.25) is 11.8 Å². The highest BCUT2D eigenvalue weighted by Gasteiger charge is 2.35. The molecule has 7 nitrogen and oxygen atoms in total. The molecule has 27 heavy (non-hydrogen) atoms. The van der Waals surface area contributed by atoms with Crippen molar-refractivity contribution in [2.24, 2.45) is 5.73 Å². The van der Waals surface area contributed by atoms with Crippen molar-refractivity contribution in [3.8, 4) is 11.1 Å². The van der Waals surface area contributed by atoms with E-state index in [2.05, 4.69) is 10.3 Å². The summed E-state index contributed by atoms with van der Waals surface area (Å²) in [5.41, 5.74) is 4.71. The van der Waals surface area contributed by atoms with E-state index >= 15 is 0 Å². The summed E-state index contributed by atoms with van der Waals surface area (Å²) in [6.07, 6.45) is 0.566. The Morgan fingerprint density at radius 2 is 2.07 bits per heavy atom. The molecule has 0 saturated heterocycles. The number of primary amides is 1. The number of amides is 2. The van der Waals surface area contributed by atoms with Crippen molar-refractivity contribution < 1.29 is 27.2 Å². The Morgan fingerprint density at radius 1 is 1.33 bits per heavy atom. The van der Waals surface area contributed by atoms with E-state index in [4.69, 9.17) is 10.2 Å². The summed E-state index contributed by atoms with van der Waals surface area (Å²) in [4.78, 5) is 26.9. The number of hydrogen-bond acceptors (Lipinski definition) is 4. The number of alkyl halides is 3. The van der Waals surface area contributed by atoms with Crippen molar-refractivity contribution in [2.75, 3.05) is 0 Å². The fourth-order valence-electron chi connectivity index (χ4n) is 2.56. The second-order valence-electron chi connectivity index (χ2n) is 5.98. The average molecular weight is 380 g/mol. The largest absolute Gasteiger partial charge is 0.472 e. The number of nitrogens with zero attached hydrogens (tertiary/aromatic N) is 2. The molecule has 1 atom stereocenters. The summed E-state index contributed by atoms with van der Waals surface area (Å²) in [5, 5.41) is 2.35. The van der Waals surface area contributed by atoms with Crippen LogP contribution in [0, 0.1) is 0 Å². The van der Waals surface area contributed by atoms with Crippen LogP contribution in [0.15, 0.2) is 41.5 Å². The average Bonchev–Trinajstić information content (AvgIpc) is 3.21. The summed E-state index contributed by atoms with van der Waals surface area (Å²) >= 11 is 0. The molecular formula is C17H15F3N4O3. The van der Waals surface area contributed by atoms with Crippen LogP contribution < -0.4 is 11.1 Å². The molecule has 0 aliphatic carbocycles. The van der Waals surface area contributed by atoms with Crippen LogP contribution in [0.2, 0.25) is 0 Å². The molecule has 10 heteroatoms. The van der Waals surface area contributed by atoms with Crippen LogP contribution in [0.4, 0.5) is 13.2 Å². The first-order valence-corrected chi connectivity index (χ1v) is 7.85. The lowest BCUT2D eigenvalue weighted by molar-refractivity contribution is -0.136. The van der Waals surface area contributed by atoms with Gasteiger partial charge >= 0.3 is 6.18 Å². The van der Waals surface area contributed by atoms with Gasteiger partial charge in [-0.1, -0.05) is 0 Å². The summed E-state index contributed by atoms with van der Waals surface area (Å²) in [5.74, 6) is -1.30. The number of imidazole rings is 1. The van der Waals surface area contributed by atoms with Crippen LogP contribution in [-0.4, -0.2) is 27.2 Å². The summed E-state index contributed by atoms with van der Waals surface area (Å²) < 4.78 is 46.5. The minimum absolute atomic E-state index is 0.124. The third kappa shape index (κ3) is 3.94. The lowest BCUT2D eigenvalue weighted by atomic mass is 10.1. The molecule has 3 aromatic rings. The van der Waals surface area contributed by atoms with E-state index < -0.39 is 29.6 Å². The van der Waals surface area contributed by atoms with Crippen LogP contribution in [0.5, 0.6) is 0 Å². The first-order valence-electron chi connectivity index (χ1n) is 7.85. The second kappa shape index (κ2) is 6.78. The van der Waals surface area contributed by atoms with E-state index in [0.717, 1.165) is 6.07 Å². The summed E-state index contributed by atoms with van der Waals surface area (Å²) in [6.45, 7) is 1.41. The van der Waals surface area contributed by atoms with E-state index in [1.54, 1.807) is 0 Å². The van der Waals surface area contributed by atoms with Crippen LogP contribution in [0.25, 0.3) is 16.8 Å². The number of aromatic nitrogens is 2. The van der Waals surface area contributed by atoms with Gasteiger partial charge in [-0.3, -0.25) is 9.59 Å². The molecule has 3 heterocycles. The predicted octanol–water partition coefficient (Wildman–Crippen LogP) is 2.15. The van der Waals surface area contributed by atoms with Crippen molar-refractivity contribution in [2.45, 2.75) is 25.6 Å². The van der Waals surface area contributed by atoms with E-state index in [9.17, 15) is 22.8 Å². The predicted molar refractivity (Wildman–Crippen MR) is 88.4 cm³/mol. The Balaban J connectivity index is 1.98. The van der Waals surface area contributed by atoms with Gasteiger partial charge in [-0.25, -0.2) is 4.98 Å². The molecule has 0 fully saturated rings. The molecule has 0 aromatic carbocycles. The van der Waals surface area contributed by atoms with Gasteiger partial charge in [-0.05, 0) is 19.1 Å². The van der Waals surface area contributed by atoms with Crippen molar-refractivity contribution in [3.05, 3.63) is 48.3 Å². The standard InChI is InChI=1S/C17H15F3N4O3/c1-9(15(21)26)22-14(25)5-12-7-24-6-11(10-2-3-27-8-10)4-13(16(24)23-12)17(18,19)20/h2-4,6-9H,5H2,1H3,(H2,21,26)(H,22,25). The Labute approximate surface area is 151 Å². The first-order chi connectivity index (χ1) is 12.6. The van der Waals surface area contributed by atoms with Crippen molar-refractivity contribution in [3.63, 3.8) is 0 Å². The fraction of sp³-hybridized carbons (Fsp3) is 0.235. The molecule has 0 spiro atoms. The number of furan rings is 1. The van der Waals surface area contributed by atoms with E-state index in [1.165, 1.54) is 42.3 Å². The monoisotopic (exact) mass is 380 g/mol. The Morgan fingerprint density at radius 3 is 2.67 bits per heavy atom. The fourth-order valence-corrected chi connectivity index (χ4v) is 2.56. The van der Waals surface area contributed by atoms with E-state index in [1.807, 2.05) is 0 Å². The highest BCUT2D eigenvalue weighted by molar-refractivity contribution is 5.87. The normalized spacial score (nSPS) is 12.9. The molecule has 2 amide bonds. The molecule has 3 rings (SSSR count). The van der Waals surface area contributed by atoms with Gasteiger partial charge in [0.25, 0.3) is 0 Å². The topological polar surface area (TPSA) is 103 Å². The molecule has 0 bridgehead atoms. The van der Waals surface area contributed by atoms with Gasteiger partial charge in [0.15, 0.2) is 0 Å². The number of carbonyl (C=O) groups is 2. The SMILES string of the molecule is CC(NC(=O)Cc1cn2cc(-c3ccoc3)cc(C(F)(F)F)c2n1)C(N)=O. The number of nitrogens with one attached hydrogen (secondary N) is 1. The van der Waals surface area contributed by atoms with Crippen molar-refractivity contribution in [1.29, 1.82) is 0 Å². The van der Waals surface area contributed by atoms with E-state index in [-0.39, 0.29) is 17.8 Å². The molecule has 3 aromatic heterocycles. The lowest BCUT2D eigenvalue weighted by Gasteiger charge is -2.10. The number of nitrogens with two attached hydrogens (primary N) is 1. The third-order valence-corrected chi connectivity index (χ3v) is 3.91. The maximum atomic E-state index is 13.5. The zero-order valence-corrected chi connectivity index (χ0v) is 14.1. The van der Waals surface area contributed by atoms with Crippen LogP contribution in [0.3, 0.4) is 0 Å². The Bertz CT molecular complexity index is 993. The minimum atomic E-state index is -4.63. The van der Waals surface area contributed by atoms with Crippen LogP contribution >= 0.6 is 0 Å². The molecular weight excluding hydrogens is 365 g/mol. The molecule has 0 aliphatic rings. The maximum Gasteiger partial charge on any atom is 0.420 e. The lowest BCUT2D eigenvalue weighted by Crippen LogP contribution is -2.42. The summed E-state index contributed by atoms with van der Waals surface area (Å²) in [6, 6.07) is 1.62. The number of rotatable bonds is 5. The zero-order chi connectivity index (χ0) is 19.8. The summed E-state index contributed by atoms with van der Waals surface area (Å²) in [7, 11) is 0. The van der Waals surface area contributed by atoms with Gasteiger partial charge in [0.1, 0.15) is 11.7 Å². The highest BCUT2D eigenvalue weighted by Crippen LogP contribution is 2.35. The molecule has 0 aliphatic heterocycles. The number of fused-ring (bicyclic) bond motifs is 1. The maximum absolute atomic E-state index is 13.5. The van der Waals surface area contributed by atoms with Gasteiger partial charge in [-0.2, -0.15) is 13.2 Å². The van der Waals surface area contributed by atoms with Gasteiger partial charge in [0, 0.05) is 23.5 Å². The van der Waals surface area contributed by atoms with Crippen LogP contribution in [-0.2, 0) is 22.2 Å². The first kappa shape index (κ1) is 18.5. The molecule has 0 radical (unpaired) electrons. The van der Waals surface area contributed by atoms with Gasteiger partial charge in [0.05, 0.1) is 30.2 Å². The number of pyridine rings is 1. The van der Waals surface area contributed by atoms with E-state index in [0.29, 0.717) is 11.1 Å². The Hall–Kier alpha value is -3.30. The quantitative estimate of drug-likeness (QED) is 0.708. The Kier molecular flexibility index (Phi) is 4.64. The third-order valence-electron chi connectivity index (χ3n) is 3.91. The smallest absolute Gasteiger partial charge is 0.420 e. The number of halogens is 3. The van der Waals surface area contributed by atoms with Crippen molar-refractivity contribution >= 4 is 17.5 Å². The van der Waals surface area contributed by atoms with Gasteiger partial charge < -0.3 is 19.9 Å². The molecule has 0 saturated carbocycles. The minimum Gasteiger partial charge on any atom is -0.472 e. The molecule has 1 unspecified atom stereocenters.